The smallest absolute Gasteiger partial charge is 0.441 e. The van der Waals surface area contributed by atoms with Gasteiger partial charge in [-0.05, 0) is 56.2 Å². The third-order valence-corrected chi connectivity index (χ3v) is 8.27. The van der Waals surface area contributed by atoms with Gasteiger partial charge in [-0.1, -0.05) is 25.2 Å². The molecule has 0 bridgehead atoms. The van der Waals surface area contributed by atoms with E-state index >= 15 is 0 Å². The van der Waals surface area contributed by atoms with Crippen LogP contribution < -0.4 is 10.2 Å². The van der Waals surface area contributed by atoms with E-state index in [2.05, 4.69) is 9.68 Å². The summed E-state index contributed by atoms with van der Waals surface area (Å²) >= 11 is 5.22. The van der Waals surface area contributed by atoms with E-state index in [1.807, 2.05) is 6.92 Å². The van der Waals surface area contributed by atoms with E-state index in [1.54, 1.807) is 19.1 Å². The van der Waals surface area contributed by atoms with Crippen molar-refractivity contribution in [2.24, 2.45) is 4.36 Å². The average molecular weight is 500 g/mol. The molecule has 0 aromatic heterocycles. The first-order chi connectivity index (χ1) is 15.7. The molecule has 8 nitrogen and oxygen atoms in total. The van der Waals surface area contributed by atoms with Gasteiger partial charge in [0.1, 0.15) is 11.9 Å². The Morgan fingerprint density at radius 3 is 2.73 bits per heavy atom. The Kier molecular flexibility index (Phi) is 8.63. The van der Waals surface area contributed by atoms with Crippen molar-refractivity contribution in [2.75, 3.05) is 36.1 Å². The molecular formula is C22H30FN3O5S2. The summed E-state index contributed by atoms with van der Waals surface area (Å²) in [6.45, 7) is 4.59. The molecule has 2 fully saturated rings. The molecule has 182 valence electrons. The minimum atomic E-state index is -2.67. The fraction of sp³-hybridized carbons (Fsp3) is 0.591. The molecule has 0 unspecified atom stereocenters. The fourth-order valence-electron chi connectivity index (χ4n) is 3.98. The lowest BCUT2D eigenvalue weighted by atomic mass is 9.93. The Morgan fingerprint density at radius 1 is 1.36 bits per heavy atom. The van der Waals surface area contributed by atoms with Crippen LogP contribution in [0.25, 0.3) is 0 Å². The van der Waals surface area contributed by atoms with Gasteiger partial charge in [-0.25, -0.2) is 18.2 Å². The molecule has 1 aromatic carbocycles. The summed E-state index contributed by atoms with van der Waals surface area (Å²) in [6.07, 6.45) is 0.920. The molecule has 1 N–H and O–H groups in total. The Morgan fingerprint density at radius 2 is 2.09 bits per heavy atom. The predicted molar refractivity (Wildman–Crippen MR) is 129 cm³/mol. The van der Waals surface area contributed by atoms with E-state index in [9.17, 15) is 18.2 Å². The molecule has 2 aliphatic heterocycles. The normalized spacial score (nSPS) is 24.8. The monoisotopic (exact) mass is 499 g/mol. The number of rotatable bonds is 7. The number of carbonyl (C=O) groups is 2. The van der Waals surface area contributed by atoms with Crippen molar-refractivity contribution in [3.8, 4) is 0 Å². The molecule has 2 aliphatic rings. The van der Waals surface area contributed by atoms with Crippen molar-refractivity contribution in [1.29, 1.82) is 0 Å². The quantitative estimate of drug-likeness (QED) is 0.557. The second kappa shape index (κ2) is 11.2. The van der Waals surface area contributed by atoms with E-state index in [4.69, 9.17) is 21.7 Å². The van der Waals surface area contributed by atoms with Crippen molar-refractivity contribution < 1.29 is 27.7 Å². The lowest BCUT2D eigenvalue weighted by Gasteiger charge is -2.25. The van der Waals surface area contributed by atoms with Gasteiger partial charge in [0.05, 0.1) is 40.1 Å². The topological polar surface area (TPSA) is 97.3 Å². The zero-order valence-corrected chi connectivity index (χ0v) is 20.5. The highest BCUT2D eigenvalue weighted by atomic mass is 32.2. The standard InChI is InChI=1S/C22H30FN3O5S2/c1-3-5-20(32)24-13-17-14-26(22(28)31-17)16-6-7-18(19(23)12-16)15-8-10-33(29,11-9-15)25-21(27)30-4-2/h6-7,12,15,17H,3-5,8-11,13-14H2,1-2H3,(H,24,32)/t15?,17-,33?/m0/s1. The summed E-state index contributed by atoms with van der Waals surface area (Å²) in [5.41, 5.74) is 0.934. The van der Waals surface area contributed by atoms with Crippen molar-refractivity contribution in [2.45, 2.75) is 51.6 Å². The fourth-order valence-corrected chi connectivity index (χ4v) is 6.29. The summed E-state index contributed by atoms with van der Waals surface area (Å²) in [7, 11) is -2.67. The highest BCUT2D eigenvalue weighted by Crippen LogP contribution is 2.34. The van der Waals surface area contributed by atoms with Gasteiger partial charge >= 0.3 is 12.2 Å². The molecule has 3 rings (SSSR count). The first-order valence-corrected chi connectivity index (χ1v) is 13.4. The van der Waals surface area contributed by atoms with Gasteiger partial charge in [0, 0.05) is 11.5 Å². The molecule has 0 radical (unpaired) electrons. The lowest BCUT2D eigenvalue weighted by molar-refractivity contribution is 0.143. The lowest BCUT2D eigenvalue weighted by Crippen LogP contribution is -2.33. The highest BCUT2D eigenvalue weighted by molar-refractivity contribution is 7.93. The maximum Gasteiger partial charge on any atom is 0.441 e. The number of cyclic esters (lactones) is 1. The summed E-state index contributed by atoms with van der Waals surface area (Å²) in [5, 5.41) is 3.10. The van der Waals surface area contributed by atoms with E-state index in [0.717, 1.165) is 17.8 Å². The van der Waals surface area contributed by atoms with Crippen LogP contribution in [0.4, 0.5) is 19.7 Å². The molecule has 2 heterocycles. The van der Waals surface area contributed by atoms with Gasteiger partial charge in [0.15, 0.2) is 0 Å². The van der Waals surface area contributed by atoms with Gasteiger partial charge in [0.25, 0.3) is 0 Å². The van der Waals surface area contributed by atoms with Gasteiger partial charge in [-0.2, -0.15) is 0 Å². The average Bonchev–Trinajstić information content (AvgIpc) is 3.14. The summed E-state index contributed by atoms with van der Waals surface area (Å²) < 4.78 is 41.6. The van der Waals surface area contributed by atoms with Crippen LogP contribution in [0.15, 0.2) is 22.6 Å². The van der Waals surface area contributed by atoms with Crippen molar-refractivity contribution in [3.05, 3.63) is 29.6 Å². The zero-order chi connectivity index (χ0) is 24.0. The molecule has 0 spiro atoms. The Labute approximate surface area is 199 Å². The Bertz CT molecular complexity index is 1010. The Hall–Kier alpha value is -2.27. The van der Waals surface area contributed by atoms with Crippen LogP contribution in [0.3, 0.4) is 0 Å². The number of carbonyl (C=O) groups excluding carboxylic acids is 2. The Balaban J connectivity index is 1.62. The van der Waals surface area contributed by atoms with Crippen molar-refractivity contribution in [1.82, 2.24) is 5.32 Å². The molecule has 1 aromatic rings. The van der Waals surface area contributed by atoms with Gasteiger partial charge in [0.2, 0.25) is 0 Å². The number of thiocarbonyl (C=S) groups is 1. The van der Waals surface area contributed by atoms with Crippen LogP contribution in [0.1, 0.15) is 51.0 Å². The van der Waals surface area contributed by atoms with Crippen LogP contribution >= 0.6 is 12.2 Å². The second-order valence-corrected chi connectivity index (χ2v) is 11.2. The van der Waals surface area contributed by atoms with Gasteiger partial charge in [-0.15, -0.1) is 4.36 Å². The maximum atomic E-state index is 15.0. The minimum absolute atomic E-state index is 0.131. The second-order valence-electron chi connectivity index (χ2n) is 8.12. The highest BCUT2D eigenvalue weighted by Gasteiger charge is 2.33. The maximum absolute atomic E-state index is 15.0. The summed E-state index contributed by atoms with van der Waals surface area (Å²) in [4.78, 5) is 26.0. The molecule has 2 amide bonds. The number of amides is 2. The van der Waals surface area contributed by atoms with E-state index in [0.29, 0.717) is 37.2 Å². The number of halogens is 1. The number of benzene rings is 1. The third kappa shape index (κ3) is 6.63. The first kappa shape index (κ1) is 25.4. The van der Waals surface area contributed by atoms with Crippen LogP contribution in [0, 0.1) is 5.82 Å². The predicted octanol–water partition coefficient (Wildman–Crippen LogP) is 4.37. The number of ether oxygens (including phenoxy) is 2. The van der Waals surface area contributed by atoms with Crippen LogP contribution in [0.5, 0.6) is 0 Å². The van der Waals surface area contributed by atoms with Crippen LogP contribution in [-0.4, -0.2) is 58.7 Å². The number of anilines is 1. The van der Waals surface area contributed by atoms with E-state index < -0.39 is 27.7 Å². The largest absolute Gasteiger partial charge is 0.448 e. The number of hydrogen-bond donors (Lipinski definition) is 1. The summed E-state index contributed by atoms with van der Waals surface area (Å²) in [5.74, 6) is -0.130. The van der Waals surface area contributed by atoms with Crippen LogP contribution in [-0.2, 0) is 19.2 Å². The molecule has 0 saturated carbocycles. The molecule has 2 saturated heterocycles. The minimum Gasteiger partial charge on any atom is -0.448 e. The summed E-state index contributed by atoms with van der Waals surface area (Å²) in [6, 6.07) is 4.70. The molecule has 33 heavy (non-hydrogen) atoms. The molecule has 0 aliphatic carbocycles. The molecule has 11 heteroatoms. The first-order valence-electron chi connectivity index (χ1n) is 11.2. The molecule has 1 atom stereocenters. The number of hydrogen-bond acceptors (Lipinski definition) is 6. The van der Waals surface area contributed by atoms with Gasteiger partial charge < -0.3 is 14.8 Å². The zero-order valence-electron chi connectivity index (χ0n) is 18.9. The van der Waals surface area contributed by atoms with Crippen molar-refractivity contribution in [3.63, 3.8) is 0 Å². The van der Waals surface area contributed by atoms with Crippen LogP contribution in [0.2, 0.25) is 0 Å². The number of nitrogens with zero attached hydrogens (tertiary/aromatic N) is 2. The van der Waals surface area contributed by atoms with Crippen molar-refractivity contribution >= 4 is 44.8 Å². The van der Waals surface area contributed by atoms with E-state index in [-0.39, 0.29) is 30.1 Å². The number of nitrogens with one attached hydrogen (secondary N) is 1. The van der Waals surface area contributed by atoms with Gasteiger partial charge in [-0.3, -0.25) is 4.90 Å². The van der Waals surface area contributed by atoms with E-state index in [1.165, 1.54) is 11.0 Å². The third-order valence-electron chi connectivity index (χ3n) is 5.69. The molecular weight excluding hydrogens is 469 g/mol. The SMILES string of the molecule is CCCC(=S)NC[C@H]1CN(c2ccc(C3CCS(=O)(=NC(=O)OCC)CC3)c(F)c2)C(=O)O1.